The van der Waals surface area contributed by atoms with Crippen LogP contribution in [-0.2, 0) is 0 Å². The minimum atomic E-state index is -0.227. The Morgan fingerprint density at radius 2 is 1.59 bits per heavy atom. The van der Waals surface area contributed by atoms with Gasteiger partial charge in [0.25, 0.3) is 5.91 Å². The van der Waals surface area contributed by atoms with Crippen molar-refractivity contribution < 1.29 is 14.3 Å². The molecule has 148 valence electrons. The van der Waals surface area contributed by atoms with Crippen LogP contribution in [0.25, 0.3) is 0 Å². The molecule has 0 spiro atoms. The van der Waals surface area contributed by atoms with Crippen LogP contribution in [0.3, 0.4) is 0 Å². The van der Waals surface area contributed by atoms with Gasteiger partial charge in [-0.3, -0.25) is 9.59 Å². The number of hydrogen-bond donors (Lipinski definition) is 0. The second kappa shape index (κ2) is 8.93. The van der Waals surface area contributed by atoms with Crippen LogP contribution < -0.4 is 9.64 Å². The molecule has 0 aromatic heterocycles. The second-order valence-electron chi connectivity index (χ2n) is 6.81. The summed E-state index contributed by atoms with van der Waals surface area (Å²) < 4.78 is 6.02. The molecule has 0 N–H and O–H groups in total. The lowest BCUT2D eigenvalue weighted by Crippen LogP contribution is -2.26. The highest BCUT2D eigenvalue weighted by molar-refractivity contribution is 6.30. The summed E-state index contributed by atoms with van der Waals surface area (Å²) in [6.07, 6.45) is -0.227. The molecule has 0 radical (unpaired) electrons. The fraction of sp³-hybridized carbons (Fsp3) is 0.167. The number of ether oxygens (including phenoxy) is 1. The van der Waals surface area contributed by atoms with E-state index in [9.17, 15) is 9.59 Å². The predicted octanol–water partition coefficient (Wildman–Crippen LogP) is 5.96. The molecule has 3 rings (SSSR count). The predicted molar refractivity (Wildman–Crippen MR) is 116 cm³/mol. The van der Waals surface area contributed by atoms with Crippen LogP contribution in [0.1, 0.15) is 46.2 Å². The topological polar surface area (TPSA) is 46.6 Å². The average Bonchev–Trinajstić information content (AvgIpc) is 2.73. The van der Waals surface area contributed by atoms with Crippen molar-refractivity contribution >= 4 is 29.0 Å². The van der Waals surface area contributed by atoms with Crippen molar-refractivity contribution in [1.29, 1.82) is 0 Å². The van der Waals surface area contributed by atoms with Gasteiger partial charge in [0.2, 0.25) is 0 Å². The number of nitrogens with zero attached hydrogens (tertiary/aromatic N) is 1. The van der Waals surface area contributed by atoms with Crippen molar-refractivity contribution in [3.05, 3.63) is 94.5 Å². The summed E-state index contributed by atoms with van der Waals surface area (Å²) in [6.45, 7) is 3.47. The van der Waals surface area contributed by atoms with Crippen molar-refractivity contribution in [1.82, 2.24) is 0 Å². The van der Waals surface area contributed by atoms with Gasteiger partial charge >= 0.3 is 0 Å². The molecule has 0 bridgehead atoms. The van der Waals surface area contributed by atoms with Gasteiger partial charge in [-0.15, -0.1) is 0 Å². The number of carbonyl (C=O) groups is 2. The van der Waals surface area contributed by atoms with Crippen LogP contribution in [0, 0.1) is 0 Å². The first-order valence-electron chi connectivity index (χ1n) is 9.26. The summed E-state index contributed by atoms with van der Waals surface area (Å²) >= 11 is 5.92. The van der Waals surface area contributed by atoms with E-state index in [4.69, 9.17) is 16.3 Å². The van der Waals surface area contributed by atoms with Crippen LogP contribution in [-0.4, -0.2) is 18.7 Å². The third kappa shape index (κ3) is 5.04. The van der Waals surface area contributed by atoms with Gasteiger partial charge in [-0.1, -0.05) is 41.9 Å². The first kappa shape index (κ1) is 20.6. The molecule has 0 fully saturated rings. The third-order valence-electron chi connectivity index (χ3n) is 4.70. The van der Waals surface area contributed by atoms with E-state index in [0.29, 0.717) is 21.9 Å². The molecule has 1 unspecified atom stereocenters. The maximum Gasteiger partial charge on any atom is 0.258 e. The Labute approximate surface area is 175 Å². The number of rotatable bonds is 6. The minimum absolute atomic E-state index is 0.0288. The number of anilines is 1. The lowest BCUT2D eigenvalue weighted by Gasteiger charge is -2.19. The van der Waals surface area contributed by atoms with Gasteiger partial charge in [0.05, 0.1) is 0 Å². The van der Waals surface area contributed by atoms with E-state index in [1.54, 1.807) is 73.5 Å². The Bertz CT molecular complexity index is 1010. The summed E-state index contributed by atoms with van der Waals surface area (Å²) in [7, 11) is 1.72. The van der Waals surface area contributed by atoms with Crippen molar-refractivity contribution in [2.75, 3.05) is 11.9 Å². The molecule has 0 saturated heterocycles. The van der Waals surface area contributed by atoms with E-state index in [1.807, 2.05) is 25.1 Å². The number of benzene rings is 3. The molecule has 0 aliphatic heterocycles. The van der Waals surface area contributed by atoms with Gasteiger partial charge < -0.3 is 9.64 Å². The van der Waals surface area contributed by atoms with E-state index < -0.39 is 0 Å². The first-order chi connectivity index (χ1) is 13.8. The zero-order valence-electron chi connectivity index (χ0n) is 16.6. The van der Waals surface area contributed by atoms with Gasteiger partial charge in [0, 0.05) is 28.9 Å². The molecule has 0 heterocycles. The molecule has 3 aromatic rings. The number of carbonyl (C=O) groups excluding carboxylic acids is 2. The van der Waals surface area contributed by atoms with E-state index in [1.165, 1.54) is 0 Å². The molecule has 4 nitrogen and oxygen atoms in total. The molecule has 0 saturated carbocycles. The summed E-state index contributed by atoms with van der Waals surface area (Å²) in [5.41, 5.74) is 2.90. The SMILES string of the molecule is CC(=O)c1ccc(C(C)Oc2cccc(C(=O)N(C)c3ccc(Cl)cc3)c2)cc1. The highest BCUT2D eigenvalue weighted by atomic mass is 35.5. The average molecular weight is 408 g/mol. The number of amides is 1. The van der Waals surface area contributed by atoms with Crippen molar-refractivity contribution in [3.8, 4) is 5.75 Å². The monoisotopic (exact) mass is 407 g/mol. The Morgan fingerprint density at radius 3 is 2.21 bits per heavy atom. The maximum absolute atomic E-state index is 12.8. The van der Waals surface area contributed by atoms with E-state index in [-0.39, 0.29) is 17.8 Å². The summed E-state index contributed by atoms with van der Waals surface area (Å²) in [4.78, 5) is 25.8. The van der Waals surface area contributed by atoms with E-state index in [2.05, 4.69) is 0 Å². The highest BCUT2D eigenvalue weighted by Gasteiger charge is 2.15. The second-order valence-corrected chi connectivity index (χ2v) is 7.24. The standard InChI is InChI=1S/C24H22ClNO3/c1-16(27)18-7-9-19(10-8-18)17(2)29-23-6-4-5-20(15-23)24(28)26(3)22-13-11-21(25)12-14-22/h4-15,17H,1-3H3. The molecule has 3 aromatic carbocycles. The normalized spacial score (nSPS) is 11.6. The molecule has 0 aliphatic carbocycles. The van der Waals surface area contributed by atoms with Crippen LogP contribution in [0.15, 0.2) is 72.8 Å². The Hall–Kier alpha value is -3.11. The quantitative estimate of drug-likeness (QED) is 0.473. The van der Waals surface area contributed by atoms with Gasteiger partial charge in [-0.25, -0.2) is 0 Å². The lowest BCUT2D eigenvalue weighted by atomic mass is 10.1. The first-order valence-corrected chi connectivity index (χ1v) is 9.64. The molecule has 5 heteroatoms. The number of ketones is 1. The number of Topliss-reactive ketones (excluding diaryl/α,β-unsaturated/α-hetero) is 1. The van der Waals surface area contributed by atoms with Crippen LogP contribution in [0.4, 0.5) is 5.69 Å². The zero-order valence-corrected chi connectivity index (χ0v) is 17.3. The Morgan fingerprint density at radius 1 is 0.931 bits per heavy atom. The fourth-order valence-electron chi connectivity index (χ4n) is 2.94. The van der Waals surface area contributed by atoms with Crippen molar-refractivity contribution in [2.24, 2.45) is 0 Å². The fourth-order valence-corrected chi connectivity index (χ4v) is 3.07. The number of hydrogen-bond acceptors (Lipinski definition) is 3. The summed E-state index contributed by atoms with van der Waals surface area (Å²) in [5.74, 6) is 0.487. The number of halogens is 1. The molecular formula is C24H22ClNO3. The van der Waals surface area contributed by atoms with E-state index in [0.717, 1.165) is 11.3 Å². The van der Waals surface area contributed by atoms with Crippen LogP contribution in [0.5, 0.6) is 5.75 Å². The zero-order chi connectivity index (χ0) is 21.0. The van der Waals surface area contributed by atoms with Gasteiger partial charge in [-0.05, 0) is 61.9 Å². The highest BCUT2D eigenvalue weighted by Crippen LogP contribution is 2.25. The largest absolute Gasteiger partial charge is 0.486 e. The summed E-state index contributed by atoms with van der Waals surface area (Å²) in [6, 6.07) is 21.5. The van der Waals surface area contributed by atoms with Gasteiger partial charge in [0.15, 0.2) is 5.78 Å². The Balaban J connectivity index is 1.73. The van der Waals surface area contributed by atoms with Crippen molar-refractivity contribution in [3.63, 3.8) is 0 Å². The maximum atomic E-state index is 12.8. The van der Waals surface area contributed by atoms with Crippen molar-refractivity contribution in [2.45, 2.75) is 20.0 Å². The van der Waals surface area contributed by atoms with Gasteiger partial charge in [0.1, 0.15) is 11.9 Å². The van der Waals surface area contributed by atoms with E-state index >= 15 is 0 Å². The van der Waals surface area contributed by atoms with Crippen LogP contribution in [0.2, 0.25) is 5.02 Å². The molecule has 1 amide bonds. The molecule has 1 atom stereocenters. The molecular weight excluding hydrogens is 386 g/mol. The molecule has 0 aliphatic rings. The molecule has 29 heavy (non-hydrogen) atoms. The van der Waals surface area contributed by atoms with Gasteiger partial charge in [-0.2, -0.15) is 0 Å². The minimum Gasteiger partial charge on any atom is -0.486 e. The lowest BCUT2D eigenvalue weighted by molar-refractivity contribution is 0.0989. The smallest absolute Gasteiger partial charge is 0.258 e. The van der Waals surface area contributed by atoms with Crippen LogP contribution >= 0.6 is 11.6 Å². The summed E-state index contributed by atoms with van der Waals surface area (Å²) in [5, 5.41) is 0.621. The third-order valence-corrected chi connectivity index (χ3v) is 4.95. The Kier molecular flexibility index (Phi) is 6.35.